The van der Waals surface area contributed by atoms with Gasteiger partial charge in [-0.05, 0) is 0 Å². The van der Waals surface area contributed by atoms with E-state index in [-0.39, 0.29) is 13.0 Å². The van der Waals surface area contributed by atoms with Crippen LogP contribution in [0.5, 0.6) is 0 Å². The van der Waals surface area contributed by atoms with Gasteiger partial charge in [-0.2, -0.15) is 0 Å². The third kappa shape index (κ3) is 4.15. The van der Waals surface area contributed by atoms with Gasteiger partial charge in [-0.3, -0.25) is 4.79 Å². The number of carbonyl (C=O) groups is 1. The van der Waals surface area contributed by atoms with Crippen LogP contribution in [0.3, 0.4) is 0 Å². The third-order valence-electron chi connectivity index (χ3n) is 2.54. The smallest absolute Gasteiger partial charge is 0.303 e. The van der Waals surface area contributed by atoms with Gasteiger partial charge in [-0.1, -0.05) is 27.7 Å². The number of aliphatic hydroxyl groups is 1. The van der Waals surface area contributed by atoms with Gasteiger partial charge in [0.05, 0.1) is 19.1 Å². The average Bonchev–Trinajstić information content (AvgIpc) is 2.00. The Hall–Kier alpha value is -0.650. The molecule has 0 bridgehead atoms. The van der Waals surface area contributed by atoms with Crippen molar-refractivity contribution < 1.29 is 19.8 Å². The molecule has 0 rings (SSSR count). The molecule has 1 atom stereocenters. The molecule has 0 aliphatic heterocycles. The van der Waals surface area contributed by atoms with Gasteiger partial charge in [0.15, 0.2) is 0 Å². The van der Waals surface area contributed by atoms with Gasteiger partial charge in [-0.15, -0.1) is 0 Å². The summed E-state index contributed by atoms with van der Waals surface area (Å²) in [5, 5.41) is 18.8. The van der Waals surface area contributed by atoms with Gasteiger partial charge < -0.3 is 15.1 Å². The number of hydrogen-bond acceptors (Lipinski definition) is 4. The summed E-state index contributed by atoms with van der Waals surface area (Å²) < 4.78 is 0. The first-order chi connectivity index (χ1) is 6.63. The van der Waals surface area contributed by atoms with Crippen LogP contribution < -0.4 is 5.90 Å². The van der Waals surface area contributed by atoms with Gasteiger partial charge in [0.2, 0.25) is 0 Å². The first kappa shape index (κ1) is 14.3. The van der Waals surface area contributed by atoms with Crippen LogP contribution in [0.1, 0.15) is 34.1 Å². The number of rotatable bonds is 6. The SMILES string of the molecule is CC(C)(CON)C(O)C(C)(C)CC(=O)O. The molecule has 0 radical (unpaired) electrons. The van der Waals surface area contributed by atoms with Crippen LogP contribution in [0.25, 0.3) is 0 Å². The van der Waals surface area contributed by atoms with Gasteiger partial charge in [0.25, 0.3) is 0 Å². The number of aliphatic hydroxyl groups excluding tert-OH is 1. The molecule has 90 valence electrons. The zero-order valence-electron chi connectivity index (χ0n) is 9.78. The van der Waals surface area contributed by atoms with E-state index in [1.165, 1.54) is 0 Å². The van der Waals surface area contributed by atoms with Gasteiger partial charge in [-0.25, -0.2) is 5.90 Å². The summed E-state index contributed by atoms with van der Waals surface area (Å²) in [6, 6.07) is 0. The predicted octanol–water partition coefficient (Wildman–Crippen LogP) is 0.765. The molecule has 1 unspecified atom stereocenters. The van der Waals surface area contributed by atoms with E-state index in [0.29, 0.717) is 0 Å². The summed E-state index contributed by atoms with van der Waals surface area (Å²) in [5.74, 6) is 4.04. The lowest BCUT2D eigenvalue weighted by molar-refractivity contribution is -0.145. The molecule has 0 aliphatic carbocycles. The van der Waals surface area contributed by atoms with Crippen LogP contribution in [-0.2, 0) is 9.63 Å². The van der Waals surface area contributed by atoms with Crippen LogP contribution in [0.4, 0.5) is 0 Å². The zero-order chi connectivity index (χ0) is 12.3. The Morgan fingerprint density at radius 1 is 1.33 bits per heavy atom. The Kier molecular flexibility index (Phi) is 4.70. The molecule has 0 aromatic rings. The molecule has 0 fully saturated rings. The second kappa shape index (κ2) is 4.92. The lowest BCUT2D eigenvalue weighted by Crippen LogP contribution is -2.45. The number of nitrogens with two attached hydrogens (primary N) is 1. The van der Waals surface area contributed by atoms with E-state index in [0.717, 1.165) is 0 Å². The van der Waals surface area contributed by atoms with E-state index >= 15 is 0 Å². The average molecular weight is 219 g/mol. The maximum Gasteiger partial charge on any atom is 0.303 e. The van der Waals surface area contributed by atoms with Crippen LogP contribution >= 0.6 is 0 Å². The second-order valence-corrected chi connectivity index (χ2v) is 5.26. The Morgan fingerprint density at radius 3 is 2.13 bits per heavy atom. The molecule has 0 amide bonds. The molecule has 0 saturated heterocycles. The van der Waals surface area contributed by atoms with Gasteiger partial charge in [0, 0.05) is 10.8 Å². The van der Waals surface area contributed by atoms with Crippen molar-refractivity contribution in [2.75, 3.05) is 6.61 Å². The van der Waals surface area contributed by atoms with Crippen molar-refractivity contribution >= 4 is 5.97 Å². The second-order valence-electron chi connectivity index (χ2n) is 5.26. The van der Waals surface area contributed by atoms with E-state index in [9.17, 15) is 9.90 Å². The molecule has 0 aromatic carbocycles. The van der Waals surface area contributed by atoms with Crippen molar-refractivity contribution in [1.82, 2.24) is 0 Å². The van der Waals surface area contributed by atoms with Crippen molar-refractivity contribution in [3.05, 3.63) is 0 Å². The third-order valence-corrected chi connectivity index (χ3v) is 2.54. The minimum Gasteiger partial charge on any atom is -0.481 e. The molecule has 0 saturated carbocycles. The molecule has 4 N–H and O–H groups in total. The van der Waals surface area contributed by atoms with E-state index in [1.807, 2.05) is 0 Å². The van der Waals surface area contributed by atoms with Crippen molar-refractivity contribution in [1.29, 1.82) is 0 Å². The highest BCUT2D eigenvalue weighted by atomic mass is 16.6. The maximum absolute atomic E-state index is 10.6. The van der Waals surface area contributed by atoms with Crippen LogP contribution in [0, 0.1) is 10.8 Å². The molecule has 5 nitrogen and oxygen atoms in total. The highest BCUT2D eigenvalue weighted by Crippen LogP contribution is 2.36. The number of aliphatic carboxylic acids is 1. The van der Waals surface area contributed by atoms with Crippen LogP contribution in [0.15, 0.2) is 0 Å². The lowest BCUT2D eigenvalue weighted by atomic mass is 9.71. The fourth-order valence-electron chi connectivity index (χ4n) is 1.84. The Labute approximate surface area is 90.2 Å². The van der Waals surface area contributed by atoms with Crippen molar-refractivity contribution in [3.8, 4) is 0 Å². The van der Waals surface area contributed by atoms with Crippen molar-refractivity contribution in [2.45, 2.75) is 40.2 Å². The summed E-state index contributed by atoms with van der Waals surface area (Å²) in [5.41, 5.74) is -1.29. The van der Waals surface area contributed by atoms with E-state index in [2.05, 4.69) is 4.84 Å². The first-order valence-corrected chi connectivity index (χ1v) is 4.85. The molecule has 0 spiro atoms. The van der Waals surface area contributed by atoms with Crippen LogP contribution in [-0.4, -0.2) is 28.9 Å². The topological polar surface area (TPSA) is 92.8 Å². The van der Waals surface area contributed by atoms with Crippen molar-refractivity contribution in [3.63, 3.8) is 0 Å². The zero-order valence-corrected chi connectivity index (χ0v) is 9.78. The standard InChI is InChI=1S/C10H21NO4/c1-9(2,5-7(12)13)8(14)10(3,4)6-15-11/h8,14H,5-6,11H2,1-4H3,(H,12,13). The fourth-order valence-corrected chi connectivity index (χ4v) is 1.84. The summed E-state index contributed by atoms with van der Waals surface area (Å²) >= 11 is 0. The van der Waals surface area contributed by atoms with Gasteiger partial charge >= 0.3 is 5.97 Å². The van der Waals surface area contributed by atoms with Gasteiger partial charge in [0.1, 0.15) is 0 Å². The van der Waals surface area contributed by atoms with E-state index in [1.54, 1.807) is 27.7 Å². The predicted molar refractivity (Wildman–Crippen MR) is 56.0 cm³/mol. The normalized spacial score (nSPS) is 15.1. The summed E-state index contributed by atoms with van der Waals surface area (Å²) in [6.07, 6.45) is -0.896. The summed E-state index contributed by atoms with van der Waals surface area (Å²) in [7, 11) is 0. The molecular formula is C10H21NO4. The van der Waals surface area contributed by atoms with E-state index in [4.69, 9.17) is 11.0 Å². The largest absolute Gasteiger partial charge is 0.481 e. The quantitative estimate of drug-likeness (QED) is 0.574. The number of hydrogen-bond donors (Lipinski definition) is 3. The minimum atomic E-state index is -0.927. The molecule has 15 heavy (non-hydrogen) atoms. The monoisotopic (exact) mass is 219 g/mol. The molecule has 0 aliphatic rings. The van der Waals surface area contributed by atoms with Crippen molar-refractivity contribution in [2.24, 2.45) is 16.7 Å². The van der Waals surface area contributed by atoms with Crippen LogP contribution in [0.2, 0.25) is 0 Å². The Balaban J connectivity index is 4.66. The Morgan fingerprint density at radius 2 is 1.80 bits per heavy atom. The molecular weight excluding hydrogens is 198 g/mol. The highest BCUT2D eigenvalue weighted by molar-refractivity contribution is 5.67. The Bertz CT molecular complexity index is 225. The summed E-state index contributed by atoms with van der Waals surface area (Å²) in [6.45, 7) is 7.17. The minimum absolute atomic E-state index is 0.0951. The molecule has 0 heterocycles. The van der Waals surface area contributed by atoms with E-state index < -0.39 is 22.9 Å². The summed E-state index contributed by atoms with van der Waals surface area (Å²) in [4.78, 5) is 15.2. The number of carboxylic acids is 1. The molecule has 5 heteroatoms. The highest BCUT2D eigenvalue weighted by Gasteiger charge is 2.40. The molecule has 0 aromatic heterocycles. The lowest BCUT2D eigenvalue weighted by Gasteiger charge is -2.39. The first-order valence-electron chi connectivity index (χ1n) is 4.85. The number of carboxylic acid groups (broad SMARTS) is 1. The maximum atomic E-state index is 10.6. The fraction of sp³-hybridized carbons (Fsp3) is 0.900.